The summed E-state index contributed by atoms with van der Waals surface area (Å²) in [6.07, 6.45) is 10.3. The largest absolute Gasteiger partial charge is 0.480 e. The number of hydrogen-bond donors (Lipinski definition) is 2. The van der Waals surface area contributed by atoms with Crippen LogP contribution in [-0.4, -0.2) is 41.9 Å². The Morgan fingerprint density at radius 2 is 1.47 bits per heavy atom. The number of amides is 1. The van der Waals surface area contributed by atoms with Gasteiger partial charge in [-0.15, -0.1) is 0 Å². The number of aliphatic carboxylic acids is 1. The SMILES string of the molecule is CCOP(=O)(OCC)C(C/C=C(\C)CC/C=C(\C)CCC=C(C)C)C(=O)N[C@@H](Cc1ccccc1)C(=O)O. The fraction of sp³-hybridized carbons (Fsp3) is 0.533. The molecule has 7 nitrogen and oxygen atoms in total. The monoisotopic (exact) mass is 547 g/mol. The number of carbonyl (C=O) groups excluding carboxylic acids is 1. The Labute approximate surface area is 228 Å². The van der Waals surface area contributed by atoms with E-state index in [4.69, 9.17) is 9.05 Å². The third-order valence-corrected chi connectivity index (χ3v) is 8.46. The zero-order chi connectivity index (χ0) is 28.6. The molecule has 0 aromatic heterocycles. The first-order chi connectivity index (χ1) is 18.0. The van der Waals surface area contributed by atoms with Crippen molar-refractivity contribution < 1.29 is 28.3 Å². The molecule has 0 spiro atoms. The van der Waals surface area contributed by atoms with Crippen molar-refractivity contribution in [2.24, 2.45) is 0 Å². The standard InChI is InChI=1S/C30H46NO6P/c1-7-36-38(35,37-8-2)28(21-20-25(6)17-13-16-24(5)15-12-14-23(3)4)29(32)31-27(30(33)34)22-26-18-10-9-11-19-26/h9-11,14,16,18-20,27-28H,7-8,12-13,15,17,21-22H2,1-6H3,(H,31,32)(H,33,34)/b24-16+,25-20+/t27-,28?/m0/s1. The highest BCUT2D eigenvalue weighted by Crippen LogP contribution is 2.54. The zero-order valence-electron chi connectivity index (χ0n) is 23.9. The second-order valence-corrected chi connectivity index (χ2v) is 11.9. The molecule has 1 aromatic carbocycles. The van der Waals surface area contributed by atoms with Crippen LogP contribution in [-0.2, 0) is 29.6 Å². The van der Waals surface area contributed by atoms with E-state index in [1.165, 1.54) is 11.1 Å². The third-order valence-electron chi connectivity index (χ3n) is 6.01. The minimum Gasteiger partial charge on any atom is -0.480 e. The minimum absolute atomic E-state index is 0.104. The van der Waals surface area contributed by atoms with E-state index in [1.807, 2.05) is 31.2 Å². The molecule has 8 heteroatoms. The van der Waals surface area contributed by atoms with Crippen LogP contribution in [0.25, 0.3) is 0 Å². The number of nitrogens with one attached hydrogen (secondary N) is 1. The molecule has 1 amide bonds. The summed E-state index contributed by atoms with van der Waals surface area (Å²) in [5, 5.41) is 12.3. The van der Waals surface area contributed by atoms with Gasteiger partial charge >= 0.3 is 13.6 Å². The van der Waals surface area contributed by atoms with Crippen molar-refractivity contribution >= 4 is 19.5 Å². The van der Waals surface area contributed by atoms with Crippen LogP contribution in [0.2, 0.25) is 0 Å². The number of rotatable bonds is 18. The Hall–Kier alpha value is -2.47. The molecule has 0 radical (unpaired) electrons. The number of hydrogen-bond acceptors (Lipinski definition) is 5. The maximum atomic E-state index is 13.6. The fourth-order valence-corrected chi connectivity index (χ4v) is 5.81. The van der Waals surface area contributed by atoms with Crippen molar-refractivity contribution in [2.45, 2.75) is 91.8 Å². The molecule has 0 saturated carbocycles. The van der Waals surface area contributed by atoms with E-state index < -0.39 is 31.2 Å². The number of allylic oxidation sites excluding steroid dienone is 6. The molecule has 1 aromatic rings. The maximum Gasteiger partial charge on any atom is 0.343 e. The van der Waals surface area contributed by atoms with E-state index in [0.29, 0.717) is 0 Å². The maximum absolute atomic E-state index is 13.6. The van der Waals surface area contributed by atoms with Crippen LogP contribution >= 0.6 is 7.60 Å². The number of carboxylic acid groups (broad SMARTS) is 1. The first kappa shape index (κ1) is 33.6. The summed E-state index contributed by atoms with van der Waals surface area (Å²) in [6, 6.07) is 7.89. The Balaban J connectivity index is 3.01. The molecule has 1 unspecified atom stereocenters. The molecule has 2 N–H and O–H groups in total. The van der Waals surface area contributed by atoms with Crippen molar-refractivity contribution in [3.05, 3.63) is 70.8 Å². The van der Waals surface area contributed by atoms with Crippen LogP contribution in [0.5, 0.6) is 0 Å². The molecule has 0 bridgehead atoms. The normalized spacial score (nSPS) is 14.1. The van der Waals surface area contributed by atoms with Crippen LogP contribution in [0.1, 0.15) is 79.2 Å². The lowest BCUT2D eigenvalue weighted by atomic mass is 10.0. The molecule has 38 heavy (non-hydrogen) atoms. The lowest BCUT2D eigenvalue weighted by Crippen LogP contribution is -2.46. The van der Waals surface area contributed by atoms with Crippen molar-refractivity contribution in [1.82, 2.24) is 5.32 Å². The Morgan fingerprint density at radius 3 is 2.00 bits per heavy atom. The Morgan fingerprint density at radius 1 is 0.921 bits per heavy atom. The molecular formula is C30H46NO6P. The molecule has 0 heterocycles. The molecule has 0 fully saturated rings. The number of benzene rings is 1. The van der Waals surface area contributed by atoms with Gasteiger partial charge < -0.3 is 19.5 Å². The van der Waals surface area contributed by atoms with Gasteiger partial charge in [-0.3, -0.25) is 9.36 Å². The van der Waals surface area contributed by atoms with Gasteiger partial charge in [-0.25, -0.2) is 4.79 Å². The van der Waals surface area contributed by atoms with Gasteiger partial charge in [-0.1, -0.05) is 65.3 Å². The van der Waals surface area contributed by atoms with Gasteiger partial charge in [0.25, 0.3) is 0 Å². The lowest BCUT2D eigenvalue weighted by Gasteiger charge is -2.26. The summed E-state index contributed by atoms with van der Waals surface area (Å²) < 4.78 is 24.6. The van der Waals surface area contributed by atoms with Crippen LogP contribution in [0.4, 0.5) is 0 Å². The molecule has 0 aliphatic carbocycles. The molecule has 1 rings (SSSR count). The van der Waals surface area contributed by atoms with Crippen molar-refractivity contribution in [2.75, 3.05) is 13.2 Å². The first-order valence-electron chi connectivity index (χ1n) is 13.4. The van der Waals surface area contributed by atoms with Gasteiger partial charge in [0, 0.05) is 6.42 Å². The average Bonchev–Trinajstić information content (AvgIpc) is 2.84. The Kier molecular flexibility index (Phi) is 15.8. The van der Waals surface area contributed by atoms with Gasteiger partial charge in [-0.05, 0) is 79.2 Å². The smallest absolute Gasteiger partial charge is 0.343 e. The fourth-order valence-electron chi connectivity index (χ4n) is 3.93. The number of carbonyl (C=O) groups is 2. The molecule has 0 saturated heterocycles. The zero-order valence-corrected chi connectivity index (χ0v) is 24.8. The van der Waals surface area contributed by atoms with Crippen LogP contribution in [0.15, 0.2) is 65.3 Å². The second kappa shape index (κ2) is 17.9. The average molecular weight is 548 g/mol. The van der Waals surface area contributed by atoms with Crippen molar-refractivity contribution in [1.29, 1.82) is 0 Å². The van der Waals surface area contributed by atoms with Gasteiger partial charge in [0.2, 0.25) is 5.91 Å². The van der Waals surface area contributed by atoms with E-state index >= 15 is 0 Å². The topological polar surface area (TPSA) is 102 Å². The van der Waals surface area contributed by atoms with Gasteiger partial charge in [0.15, 0.2) is 0 Å². The summed E-state index contributed by atoms with van der Waals surface area (Å²) in [6.45, 7) is 11.9. The van der Waals surface area contributed by atoms with E-state index in [2.05, 4.69) is 38.2 Å². The molecule has 2 atom stereocenters. The summed E-state index contributed by atoms with van der Waals surface area (Å²) in [5.74, 6) is -1.82. The first-order valence-corrected chi connectivity index (χ1v) is 15.0. The van der Waals surface area contributed by atoms with Gasteiger partial charge in [-0.2, -0.15) is 0 Å². The van der Waals surface area contributed by atoms with Crippen LogP contribution < -0.4 is 5.32 Å². The molecule has 0 aliphatic rings. The predicted molar refractivity (Wildman–Crippen MR) is 154 cm³/mol. The highest BCUT2D eigenvalue weighted by molar-refractivity contribution is 7.55. The molecular weight excluding hydrogens is 501 g/mol. The molecule has 212 valence electrons. The van der Waals surface area contributed by atoms with Gasteiger partial charge in [0.1, 0.15) is 11.7 Å². The summed E-state index contributed by atoms with van der Waals surface area (Å²) in [5.41, 5.74) is 3.32. The Bertz CT molecular complexity index is 1000. The summed E-state index contributed by atoms with van der Waals surface area (Å²) in [4.78, 5) is 25.3. The van der Waals surface area contributed by atoms with E-state index in [1.54, 1.807) is 26.0 Å². The van der Waals surface area contributed by atoms with E-state index in [-0.39, 0.29) is 26.1 Å². The highest BCUT2D eigenvalue weighted by atomic mass is 31.2. The van der Waals surface area contributed by atoms with E-state index in [9.17, 15) is 19.3 Å². The van der Waals surface area contributed by atoms with Crippen LogP contribution in [0, 0.1) is 0 Å². The third kappa shape index (κ3) is 12.9. The number of carboxylic acids is 1. The summed E-state index contributed by atoms with van der Waals surface area (Å²) in [7, 11) is -3.84. The quantitative estimate of drug-likeness (QED) is 0.148. The lowest BCUT2D eigenvalue weighted by molar-refractivity contribution is -0.141. The van der Waals surface area contributed by atoms with Crippen molar-refractivity contribution in [3.63, 3.8) is 0 Å². The van der Waals surface area contributed by atoms with Crippen molar-refractivity contribution in [3.8, 4) is 0 Å². The van der Waals surface area contributed by atoms with Crippen LogP contribution in [0.3, 0.4) is 0 Å². The highest BCUT2D eigenvalue weighted by Gasteiger charge is 2.41. The molecule has 0 aliphatic heterocycles. The predicted octanol–water partition coefficient (Wildman–Crippen LogP) is 7.24. The minimum atomic E-state index is -3.84. The van der Waals surface area contributed by atoms with Gasteiger partial charge in [0.05, 0.1) is 13.2 Å². The second-order valence-electron chi connectivity index (χ2n) is 9.68. The summed E-state index contributed by atoms with van der Waals surface area (Å²) >= 11 is 0. The van der Waals surface area contributed by atoms with E-state index in [0.717, 1.165) is 36.8 Å².